The molecule has 8 heteroatoms. The van der Waals surface area contributed by atoms with Gasteiger partial charge in [0.15, 0.2) is 0 Å². The molecule has 0 amide bonds. The van der Waals surface area contributed by atoms with Gasteiger partial charge in [-0.25, -0.2) is 8.42 Å². The lowest BCUT2D eigenvalue weighted by Gasteiger charge is -2.31. The minimum atomic E-state index is -3.82. The van der Waals surface area contributed by atoms with Crippen LogP contribution in [-0.2, 0) is 19.6 Å². The van der Waals surface area contributed by atoms with E-state index in [4.69, 9.17) is 21.1 Å². The number of carbonyl (C=O) groups excluding carboxylic acids is 1. The summed E-state index contributed by atoms with van der Waals surface area (Å²) in [7, 11) is -3.82. The van der Waals surface area contributed by atoms with E-state index in [1.807, 2.05) is 0 Å². The molecule has 25 heavy (non-hydrogen) atoms. The highest BCUT2D eigenvalue weighted by molar-refractivity contribution is 7.89. The van der Waals surface area contributed by atoms with E-state index in [0.717, 1.165) is 5.56 Å². The van der Waals surface area contributed by atoms with E-state index in [-0.39, 0.29) is 29.8 Å². The summed E-state index contributed by atoms with van der Waals surface area (Å²) in [5.41, 5.74) is 0.743. The topological polar surface area (TPSA) is 72.9 Å². The van der Waals surface area contributed by atoms with Gasteiger partial charge in [0.2, 0.25) is 10.0 Å². The van der Waals surface area contributed by atoms with E-state index in [0.29, 0.717) is 31.0 Å². The zero-order valence-electron chi connectivity index (χ0n) is 14.7. The van der Waals surface area contributed by atoms with Crippen molar-refractivity contribution < 1.29 is 22.7 Å². The van der Waals surface area contributed by atoms with Crippen LogP contribution in [0.15, 0.2) is 17.0 Å². The average molecular weight is 390 g/mol. The van der Waals surface area contributed by atoms with Crippen LogP contribution in [0, 0.1) is 12.8 Å². The average Bonchev–Trinajstić information content (AvgIpc) is 2.58. The SMILES string of the molecule is CCOC(=O)[C@@H]1CCCN(S(=O)(=O)c2cc(Cl)c(C)cc2OCC)C1. The molecule has 2 rings (SSSR count). The lowest BCUT2D eigenvalue weighted by molar-refractivity contribution is -0.149. The predicted octanol–water partition coefficient (Wildman–Crippen LogP) is 3.01. The number of piperidine rings is 1. The van der Waals surface area contributed by atoms with Crippen molar-refractivity contribution in [2.45, 2.75) is 38.5 Å². The summed E-state index contributed by atoms with van der Waals surface area (Å²) in [6.07, 6.45) is 1.23. The summed E-state index contributed by atoms with van der Waals surface area (Å²) in [6, 6.07) is 3.05. The second-order valence-electron chi connectivity index (χ2n) is 5.94. The molecule has 0 bridgehead atoms. The third-order valence-electron chi connectivity index (χ3n) is 4.15. The van der Waals surface area contributed by atoms with Crippen LogP contribution in [0.5, 0.6) is 5.75 Å². The van der Waals surface area contributed by atoms with Gasteiger partial charge in [-0.1, -0.05) is 11.6 Å². The van der Waals surface area contributed by atoms with Gasteiger partial charge in [-0.15, -0.1) is 0 Å². The molecule has 1 atom stereocenters. The van der Waals surface area contributed by atoms with Crippen LogP contribution in [-0.4, -0.2) is 45.0 Å². The van der Waals surface area contributed by atoms with Crippen LogP contribution < -0.4 is 4.74 Å². The number of hydrogen-bond acceptors (Lipinski definition) is 5. The van der Waals surface area contributed by atoms with Crippen LogP contribution in [0.4, 0.5) is 0 Å². The van der Waals surface area contributed by atoms with Crippen molar-refractivity contribution in [2.24, 2.45) is 5.92 Å². The molecule has 140 valence electrons. The first-order valence-corrected chi connectivity index (χ1v) is 10.2. The lowest BCUT2D eigenvalue weighted by atomic mass is 10.0. The molecule has 0 N–H and O–H groups in total. The van der Waals surface area contributed by atoms with Crippen molar-refractivity contribution in [3.05, 3.63) is 22.7 Å². The maximum Gasteiger partial charge on any atom is 0.310 e. The van der Waals surface area contributed by atoms with Crippen molar-refractivity contribution in [2.75, 3.05) is 26.3 Å². The first-order chi connectivity index (χ1) is 11.8. The molecule has 1 fully saturated rings. The molecular formula is C17H24ClNO5S. The van der Waals surface area contributed by atoms with E-state index in [9.17, 15) is 13.2 Å². The Kier molecular flexibility index (Phi) is 6.71. The summed E-state index contributed by atoms with van der Waals surface area (Å²) in [4.78, 5) is 12.0. The van der Waals surface area contributed by atoms with E-state index < -0.39 is 15.9 Å². The normalized spacial score (nSPS) is 18.8. The molecule has 1 aliphatic rings. The highest BCUT2D eigenvalue weighted by atomic mass is 35.5. The smallest absolute Gasteiger partial charge is 0.310 e. The lowest BCUT2D eigenvalue weighted by Crippen LogP contribution is -2.42. The van der Waals surface area contributed by atoms with Crippen molar-refractivity contribution in [3.8, 4) is 5.75 Å². The van der Waals surface area contributed by atoms with Crippen LogP contribution in [0.3, 0.4) is 0 Å². The Morgan fingerprint density at radius 3 is 2.68 bits per heavy atom. The molecule has 1 aliphatic heterocycles. The summed E-state index contributed by atoms with van der Waals surface area (Å²) < 4.78 is 38.1. The standard InChI is InChI=1S/C17H24ClNO5S/c1-4-23-15-9-12(3)14(18)10-16(15)25(21,22)19-8-6-7-13(11-19)17(20)24-5-2/h9-10,13H,4-8,11H2,1-3H3/t13-/m1/s1. The van der Waals surface area contributed by atoms with Gasteiger partial charge in [0, 0.05) is 18.1 Å². The first kappa shape index (κ1) is 20.0. The number of halogens is 1. The van der Waals surface area contributed by atoms with E-state index in [1.165, 1.54) is 10.4 Å². The Bertz CT molecular complexity index is 735. The van der Waals surface area contributed by atoms with Gasteiger partial charge in [-0.2, -0.15) is 4.31 Å². The Hall–Kier alpha value is -1.31. The number of esters is 1. The van der Waals surface area contributed by atoms with Gasteiger partial charge in [-0.05, 0) is 51.3 Å². The first-order valence-electron chi connectivity index (χ1n) is 8.41. The Labute approximate surface area is 154 Å². The molecule has 0 spiro atoms. The number of nitrogens with zero attached hydrogens (tertiary/aromatic N) is 1. The molecule has 0 radical (unpaired) electrons. The van der Waals surface area contributed by atoms with Gasteiger partial charge in [0.25, 0.3) is 0 Å². The fourth-order valence-electron chi connectivity index (χ4n) is 2.86. The number of rotatable bonds is 6. The molecule has 1 saturated heterocycles. The highest BCUT2D eigenvalue weighted by Gasteiger charge is 2.35. The Balaban J connectivity index is 2.34. The molecule has 6 nitrogen and oxygen atoms in total. The minimum absolute atomic E-state index is 0.0365. The molecule has 1 aromatic rings. The maximum atomic E-state index is 13.1. The third-order valence-corrected chi connectivity index (χ3v) is 6.44. The fourth-order valence-corrected chi connectivity index (χ4v) is 4.75. The number of hydrogen-bond donors (Lipinski definition) is 0. The van der Waals surface area contributed by atoms with Crippen molar-refractivity contribution in [1.29, 1.82) is 0 Å². The molecule has 0 saturated carbocycles. The molecule has 1 aromatic carbocycles. The van der Waals surface area contributed by atoms with Crippen molar-refractivity contribution in [3.63, 3.8) is 0 Å². The number of ether oxygens (including phenoxy) is 2. The fraction of sp³-hybridized carbons (Fsp3) is 0.588. The van der Waals surface area contributed by atoms with Gasteiger partial charge in [-0.3, -0.25) is 4.79 Å². The molecule has 0 unspecified atom stereocenters. The second kappa shape index (κ2) is 8.38. The number of sulfonamides is 1. The summed E-state index contributed by atoms with van der Waals surface area (Å²) >= 11 is 6.14. The van der Waals surface area contributed by atoms with E-state index in [1.54, 1.807) is 26.8 Å². The molecule has 0 aromatic heterocycles. The van der Waals surface area contributed by atoms with Gasteiger partial charge in [0.1, 0.15) is 10.6 Å². The minimum Gasteiger partial charge on any atom is -0.492 e. The van der Waals surface area contributed by atoms with Crippen molar-refractivity contribution >= 4 is 27.6 Å². The largest absolute Gasteiger partial charge is 0.492 e. The van der Waals surface area contributed by atoms with E-state index >= 15 is 0 Å². The van der Waals surface area contributed by atoms with Gasteiger partial charge < -0.3 is 9.47 Å². The van der Waals surface area contributed by atoms with Crippen LogP contribution in [0.1, 0.15) is 32.3 Å². The van der Waals surface area contributed by atoms with E-state index in [2.05, 4.69) is 0 Å². The van der Waals surface area contributed by atoms with Crippen LogP contribution in [0.25, 0.3) is 0 Å². The Morgan fingerprint density at radius 1 is 1.32 bits per heavy atom. The molecule has 0 aliphatic carbocycles. The summed E-state index contributed by atoms with van der Waals surface area (Å²) in [6.45, 7) is 6.40. The number of carbonyl (C=O) groups is 1. The number of aryl methyl sites for hydroxylation is 1. The summed E-state index contributed by atoms with van der Waals surface area (Å²) in [5, 5.41) is 0.362. The monoisotopic (exact) mass is 389 g/mol. The predicted molar refractivity (Wildman–Crippen MR) is 95.5 cm³/mol. The highest BCUT2D eigenvalue weighted by Crippen LogP contribution is 2.34. The quantitative estimate of drug-likeness (QED) is 0.699. The number of benzene rings is 1. The van der Waals surface area contributed by atoms with Gasteiger partial charge in [0.05, 0.1) is 19.1 Å². The second-order valence-corrected chi connectivity index (χ2v) is 8.25. The zero-order chi connectivity index (χ0) is 18.6. The maximum absolute atomic E-state index is 13.1. The van der Waals surface area contributed by atoms with Crippen molar-refractivity contribution in [1.82, 2.24) is 4.31 Å². The van der Waals surface area contributed by atoms with Gasteiger partial charge >= 0.3 is 5.97 Å². The van der Waals surface area contributed by atoms with Crippen LogP contribution >= 0.6 is 11.6 Å². The third kappa shape index (κ3) is 4.46. The summed E-state index contributed by atoms with van der Waals surface area (Å²) in [5.74, 6) is -0.517. The molecular weight excluding hydrogens is 366 g/mol. The molecule has 1 heterocycles. The Morgan fingerprint density at radius 2 is 2.04 bits per heavy atom. The zero-order valence-corrected chi connectivity index (χ0v) is 16.3. The van der Waals surface area contributed by atoms with Crippen LogP contribution in [0.2, 0.25) is 5.02 Å².